The van der Waals surface area contributed by atoms with Gasteiger partial charge in [-0.15, -0.1) is 0 Å². The summed E-state index contributed by atoms with van der Waals surface area (Å²) in [6.45, 7) is 4.08. The van der Waals surface area contributed by atoms with Crippen LogP contribution in [0.5, 0.6) is 5.75 Å². The first-order valence-corrected chi connectivity index (χ1v) is 6.37. The van der Waals surface area contributed by atoms with Crippen molar-refractivity contribution in [1.82, 2.24) is 14.3 Å². The molecule has 0 spiro atoms. The van der Waals surface area contributed by atoms with Gasteiger partial charge in [0.05, 0.1) is 18.4 Å². The number of aryl methyl sites for hydroxylation is 1. The van der Waals surface area contributed by atoms with Crippen LogP contribution in [0.25, 0.3) is 11.3 Å². The molecule has 2 heterocycles. The second-order valence-corrected chi connectivity index (χ2v) is 4.63. The Morgan fingerprint density at radius 2 is 2.21 bits per heavy atom. The molecule has 0 aliphatic carbocycles. The molecule has 0 saturated heterocycles. The third kappa shape index (κ3) is 2.54. The van der Waals surface area contributed by atoms with Gasteiger partial charge < -0.3 is 9.30 Å². The molecular formula is C14H19N3O2. The quantitative estimate of drug-likeness (QED) is 0.848. The minimum Gasteiger partial charge on any atom is -0.496 e. The Balaban J connectivity index is 2.61. The van der Waals surface area contributed by atoms with Crippen LogP contribution in [-0.2, 0) is 7.05 Å². The van der Waals surface area contributed by atoms with Crippen LogP contribution in [0.2, 0.25) is 0 Å². The van der Waals surface area contributed by atoms with E-state index in [-0.39, 0.29) is 11.6 Å². The van der Waals surface area contributed by atoms with Gasteiger partial charge in [-0.2, -0.15) is 5.10 Å². The number of rotatable bonds is 4. The second-order valence-electron chi connectivity index (χ2n) is 4.63. The molecule has 0 bridgehead atoms. The van der Waals surface area contributed by atoms with E-state index in [0.717, 1.165) is 17.7 Å². The molecular weight excluding hydrogens is 242 g/mol. The van der Waals surface area contributed by atoms with Crippen molar-refractivity contribution in [3.8, 4) is 17.0 Å². The topological polar surface area (TPSA) is 49.0 Å². The number of aromatic nitrogens is 3. The van der Waals surface area contributed by atoms with Crippen molar-refractivity contribution in [1.29, 1.82) is 0 Å². The zero-order chi connectivity index (χ0) is 14.0. The minimum atomic E-state index is -0.0501. The van der Waals surface area contributed by atoms with Crippen molar-refractivity contribution >= 4 is 0 Å². The SMILES string of the molecule is CCC(C)n1cc(-c2ccn(C)n2)c(OC)cc1=O. The smallest absolute Gasteiger partial charge is 0.254 e. The fourth-order valence-corrected chi connectivity index (χ4v) is 1.99. The molecule has 0 fully saturated rings. The lowest BCUT2D eigenvalue weighted by molar-refractivity contribution is 0.411. The molecule has 1 atom stereocenters. The largest absolute Gasteiger partial charge is 0.496 e. The summed E-state index contributed by atoms with van der Waals surface area (Å²) in [6, 6.07) is 3.58. The van der Waals surface area contributed by atoms with Gasteiger partial charge in [0.15, 0.2) is 0 Å². The molecule has 5 heteroatoms. The Morgan fingerprint density at radius 1 is 1.47 bits per heavy atom. The third-order valence-corrected chi connectivity index (χ3v) is 3.32. The highest BCUT2D eigenvalue weighted by molar-refractivity contribution is 5.65. The van der Waals surface area contributed by atoms with E-state index in [1.165, 1.54) is 6.07 Å². The van der Waals surface area contributed by atoms with Crippen molar-refractivity contribution in [3.63, 3.8) is 0 Å². The van der Waals surface area contributed by atoms with Crippen molar-refractivity contribution < 1.29 is 4.74 Å². The van der Waals surface area contributed by atoms with Crippen LogP contribution in [0.3, 0.4) is 0 Å². The lowest BCUT2D eigenvalue weighted by atomic mass is 10.1. The molecule has 5 nitrogen and oxygen atoms in total. The maximum absolute atomic E-state index is 12.0. The monoisotopic (exact) mass is 261 g/mol. The summed E-state index contributed by atoms with van der Waals surface area (Å²) >= 11 is 0. The average molecular weight is 261 g/mol. The fraction of sp³-hybridized carbons (Fsp3) is 0.429. The normalized spacial score (nSPS) is 12.4. The van der Waals surface area contributed by atoms with Crippen LogP contribution >= 0.6 is 0 Å². The standard InChI is InChI=1S/C14H19N3O2/c1-5-10(2)17-9-11(12-6-7-16(3)15-12)13(19-4)8-14(17)18/h6-10H,5H2,1-4H3. The van der Waals surface area contributed by atoms with Crippen LogP contribution in [-0.4, -0.2) is 21.5 Å². The molecule has 2 aromatic heterocycles. The molecule has 2 aromatic rings. The highest BCUT2D eigenvalue weighted by Gasteiger charge is 2.14. The summed E-state index contributed by atoms with van der Waals surface area (Å²) in [7, 11) is 3.43. The predicted octanol–water partition coefficient (Wildman–Crippen LogP) is 2.23. The zero-order valence-electron chi connectivity index (χ0n) is 11.8. The summed E-state index contributed by atoms with van der Waals surface area (Å²) in [4.78, 5) is 12.0. The Kier molecular flexibility index (Phi) is 3.74. The summed E-state index contributed by atoms with van der Waals surface area (Å²) in [6.07, 6.45) is 4.60. The molecule has 0 radical (unpaired) electrons. The zero-order valence-corrected chi connectivity index (χ0v) is 11.8. The first-order valence-electron chi connectivity index (χ1n) is 6.37. The van der Waals surface area contributed by atoms with Gasteiger partial charge in [-0.3, -0.25) is 9.48 Å². The van der Waals surface area contributed by atoms with Gasteiger partial charge in [-0.25, -0.2) is 0 Å². The van der Waals surface area contributed by atoms with E-state index in [1.54, 1.807) is 16.4 Å². The van der Waals surface area contributed by atoms with Crippen molar-refractivity contribution in [2.24, 2.45) is 7.05 Å². The molecule has 0 saturated carbocycles. The molecule has 0 aliphatic rings. The maximum atomic E-state index is 12.0. The minimum absolute atomic E-state index is 0.0501. The Bertz CT molecular complexity index is 628. The van der Waals surface area contributed by atoms with Gasteiger partial charge in [0.2, 0.25) is 0 Å². The summed E-state index contributed by atoms with van der Waals surface area (Å²) in [5.41, 5.74) is 1.59. The molecule has 102 valence electrons. The van der Waals surface area contributed by atoms with Crippen LogP contribution < -0.4 is 10.3 Å². The number of ether oxygens (including phenoxy) is 1. The first-order chi connectivity index (χ1) is 9.06. The maximum Gasteiger partial charge on any atom is 0.254 e. The summed E-state index contributed by atoms with van der Waals surface area (Å²) in [5, 5.41) is 4.37. The summed E-state index contributed by atoms with van der Waals surface area (Å²) < 4.78 is 8.75. The average Bonchev–Trinajstić information content (AvgIpc) is 2.83. The van der Waals surface area contributed by atoms with E-state index >= 15 is 0 Å². The molecule has 0 aromatic carbocycles. The van der Waals surface area contributed by atoms with Crippen molar-refractivity contribution in [3.05, 3.63) is 34.9 Å². The summed E-state index contributed by atoms with van der Waals surface area (Å²) in [5.74, 6) is 0.559. The van der Waals surface area contributed by atoms with E-state index < -0.39 is 0 Å². The molecule has 0 amide bonds. The Morgan fingerprint density at radius 3 is 2.74 bits per heavy atom. The van der Waals surface area contributed by atoms with Crippen LogP contribution in [0.4, 0.5) is 0 Å². The third-order valence-electron chi connectivity index (χ3n) is 3.32. The van der Waals surface area contributed by atoms with E-state index in [2.05, 4.69) is 12.0 Å². The fourth-order valence-electron chi connectivity index (χ4n) is 1.99. The predicted molar refractivity (Wildman–Crippen MR) is 74.5 cm³/mol. The van der Waals surface area contributed by atoms with Crippen LogP contribution in [0.15, 0.2) is 29.3 Å². The number of hydrogen-bond donors (Lipinski definition) is 0. The van der Waals surface area contributed by atoms with Crippen LogP contribution in [0, 0.1) is 0 Å². The molecule has 2 rings (SSSR count). The number of nitrogens with zero attached hydrogens (tertiary/aromatic N) is 3. The highest BCUT2D eigenvalue weighted by atomic mass is 16.5. The van der Waals surface area contributed by atoms with Gasteiger partial charge in [0, 0.05) is 31.5 Å². The van der Waals surface area contributed by atoms with E-state index in [0.29, 0.717) is 5.75 Å². The number of pyridine rings is 1. The van der Waals surface area contributed by atoms with Crippen molar-refractivity contribution in [2.45, 2.75) is 26.3 Å². The number of methoxy groups -OCH3 is 1. The van der Waals surface area contributed by atoms with Gasteiger partial charge in [-0.05, 0) is 19.4 Å². The van der Waals surface area contributed by atoms with E-state index in [4.69, 9.17) is 4.74 Å². The van der Waals surface area contributed by atoms with Gasteiger partial charge in [-0.1, -0.05) is 6.92 Å². The Labute approximate surface area is 112 Å². The van der Waals surface area contributed by atoms with E-state index in [1.807, 2.05) is 32.4 Å². The van der Waals surface area contributed by atoms with Gasteiger partial charge in [0.1, 0.15) is 5.75 Å². The van der Waals surface area contributed by atoms with Gasteiger partial charge in [0.25, 0.3) is 5.56 Å². The molecule has 0 N–H and O–H groups in total. The molecule has 1 unspecified atom stereocenters. The first kappa shape index (κ1) is 13.4. The number of hydrogen-bond acceptors (Lipinski definition) is 3. The van der Waals surface area contributed by atoms with Crippen molar-refractivity contribution in [2.75, 3.05) is 7.11 Å². The van der Waals surface area contributed by atoms with Gasteiger partial charge >= 0.3 is 0 Å². The van der Waals surface area contributed by atoms with E-state index in [9.17, 15) is 4.79 Å². The highest BCUT2D eigenvalue weighted by Crippen LogP contribution is 2.27. The lowest BCUT2D eigenvalue weighted by Crippen LogP contribution is -2.22. The lowest BCUT2D eigenvalue weighted by Gasteiger charge is -2.15. The molecule has 0 aliphatic heterocycles. The Hall–Kier alpha value is -2.04. The second kappa shape index (κ2) is 5.30. The molecule has 19 heavy (non-hydrogen) atoms. The van der Waals surface area contributed by atoms with Crippen LogP contribution in [0.1, 0.15) is 26.3 Å².